The summed E-state index contributed by atoms with van der Waals surface area (Å²) >= 11 is 0. The molecule has 1 aromatic heterocycles. The van der Waals surface area contributed by atoms with Gasteiger partial charge in [0.15, 0.2) is 0 Å². The average Bonchev–Trinajstić information content (AvgIpc) is 2.96. The smallest absolute Gasteiger partial charge is 0.297 e. The zero-order chi connectivity index (χ0) is 15.5. The fourth-order valence-electron chi connectivity index (χ4n) is 1.83. The Kier molecular flexibility index (Phi) is 4.54. The molecule has 0 atom stereocenters. The van der Waals surface area contributed by atoms with Crippen LogP contribution in [0.25, 0.3) is 0 Å². The van der Waals surface area contributed by atoms with Gasteiger partial charge in [-0.1, -0.05) is 0 Å². The summed E-state index contributed by atoms with van der Waals surface area (Å²) in [5, 5.41) is 2.83. The summed E-state index contributed by atoms with van der Waals surface area (Å²) in [7, 11) is 1.09. The number of hydrogen-bond acceptors (Lipinski definition) is 5. The highest BCUT2D eigenvalue weighted by Crippen LogP contribution is 2.25. The van der Waals surface area contributed by atoms with Crippen LogP contribution in [0.1, 0.15) is 5.76 Å². The van der Waals surface area contributed by atoms with Crippen LogP contribution in [-0.2, 0) is 16.6 Å². The monoisotopic (exact) mass is 310 g/mol. The van der Waals surface area contributed by atoms with Gasteiger partial charge in [0.05, 0.1) is 19.3 Å². The molecule has 0 bridgehead atoms. The van der Waals surface area contributed by atoms with Crippen LogP contribution < -0.4 is 14.4 Å². The summed E-state index contributed by atoms with van der Waals surface area (Å²) in [5.41, 5.74) is 0.530. The first-order chi connectivity index (χ1) is 9.98. The van der Waals surface area contributed by atoms with Crippen molar-refractivity contribution in [2.75, 3.05) is 25.5 Å². The molecular formula is C14H18N2O4S. The van der Waals surface area contributed by atoms with Crippen LogP contribution in [0.3, 0.4) is 0 Å². The molecular weight excluding hydrogens is 292 g/mol. The first-order valence-electron chi connectivity index (χ1n) is 6.35. The number of nitrogens with zero attached hydrogens (tertiary/aromatic N) is 1. The largest absolute Gasteiger partial charge is 0.497 e. The van der Waals surface area contributed by atoms with Crippen molar-refractivity contribution < 1.29 is 17.6 Å². The second kappa shape index (κ2) is 6.19. The topological polar surface area (TPSA) is 71.8 Å². The Hall–Kier alpha value is -1.99. The Morgan fingerprint density at radius 3 is 2.43 bits per heavy atom. The summed E-state index contributed by atoms with van der Waals surface area (Å²) < 4.78 is 36.6. The van der Waals surface area contributed by atoms with Crippen LogP contribution in [0.5, 0.6) is 5.75 Å². The van der Waals surface area contributed by atoms with E-state index in [9.17, 15) is 8.42 Å². The maximum atomic E-state index is 12.5. The molecule has 0 saturated carbocycles. The van der Waals surface area contributed by atoms with Crippen molar-refractivity contribution in [1.82, 2.24) is 5.32 Å². The molecule has 2 aromatic rings. The van der Waals surface area contributed by atoms with Crippen LogP contribution in [0, 0.1) is 0 Å². The number of furan rings is 1. The van der Waals surface area contributed by atoms with Gasteiger partial charge in [0.25, 0.3) is 10.0 Å². The molecule has 0 aliphatic carbocycles. The fraction of sp³-hybridized carbons (Fsp3) is 0.286. The quantitative estimate of drug-likeness (QED) is 0.881. The van der Waals surface area contributed by atoms with Crippen LogP contribution in [0.2, 0.25) is 0 Å². The van der Waals surface area contributed by atoms with Gasteiger partial charge in [0.1, 0.15) is 11.5 Å². The average molecular weight is 310 g/mol. The van der Waals surface area contributed by atoms with Gasteiger partial charge in [-0.2, -0.15) is 8.42 Å². The highest BCUT2D eigenvalue weighted by Gasteiger charge is 2.25. The third kappa shape index (κ3) is 3.20. The van der Waals surface area contributed by atoms with E-state index in [0.29, 0.717) is 23.7 Å². The first-order valence-corrected chi connectivity index (χ1v) is 7.79. The molecule has 0 spiro atoms. The Morgan fingerprint density at radius 1 is 1.19 bits per heavy atom. The van der Waals surface area contributed by atoms with Gasteiger partial charge >= 0.3 is 0 Å². The van der Waals surface area contributed by atoms with E-state index in [4.69, 9.17) is 9.15 Å². The van der Waals surface area contributed by atoms with Gasteiger partial charge in [-0.05, 0) is 43.4 Å². The maximum absolute atomic E-state index is 12.5. The molecule has 0 aliphatic rings. The summed E-state index contributed by atoms with van der Waals surface area (Å²) in [5.74, 6) is 1.23. The SMILES string of the molecule is CNCc1ccc(S(=O)(=O)N(C)c2ccc(OC)cc2)o1. The summed E-state index contributed by atoms with van der Waals surface area (Å²) in [4.78, 5) is 0. The Bertz CT molecular complexity index is 692. The van der Waals surface area contributed by atoms with E-state index in [-0.39, 0.29) is 5.09 Å². The molecule has 0 aliphatic heterocycles. The number of hydrogen-bond donors (Lipinski definition) is 1. The predicted octanol–water partition coefficient (Wildman–Crippen LogP) is 1.83. The molecule has 1 heterocycles. The van der Waals surface area contributed by atoms with Gasteiger partial charge in [0, 0.05) is 7.05 Å². The number of anilines is 1. The molecule has 21 heavy (non-hydrogen) atoms. The second-order valence-electron chi connectivity index (χ2n) is 4.42. The van der Waals surface area contributed by atoms with Crippen molar-refractivity contribution in [3.05, 3.63) is 42.2 Å². The van der Waals surface area contributed by atoms with Gasteiger partial charge in [-0.3, -0.25) is 4.31 Å². The van der Waals surface area contributed by atoms with E-state index in [2.05, 4.69) is 5.32 Å². The maximum Gasteiger partial charge on any atom is 0.297 e. The summed E-state index contributed by atoms with van der Waals surface area (Å²) in [6.45, 7) is 0.474. The highest BCUT2D eigenvalue weighted by molar-refractivity contribution is 7.92. The molecule has 1 aromatic carbocycles. The molecule has 0 radical (unpaired) electrons. The lowest BCUT2D eigenvalue weighted by Crippen LogP contribution is -2.26. The second-order valence-corrected chi connectivity index (χ2v) is 6.32. The van der Waals surface area contributed by atoms with Gasteiger partial charge < -0.3 is 14.5 Å². The standard InChI is InChI=1S/C14H18N2O4S/c1-15-10-13-8-9-14(20-13)21(17,18)16(2)11-4-6-12(19-3)7-5-11/h4-9,15H,10H2,1-3H3. The van der Waals surface area contributed by atoms with Crippen molar-refractivity contribution in [3.8, 4) is 5.75 Å². The van der Waals surface area contributed by atoms with E-state index in [0.717, 1.165) is 0 Å². The summed E-state index contributed by atoms with van der Waals surface area (Å²) in [6, 6.07) is 9.86. The number of ether oxygens (including phenoxy) is 1. The molecule has 0 unspecified atom stereocenters. The minimum atomic E-state index is -3.71. The van der Waals surface area contributed by atoms with Crippen molar-refractivity contribution in [3.63, 3.8) is 0 Å². The number of benzene rings is 1. The van der Waals surface area contributed by atoms with E-state index >= 15 is 0 Å². The molecule has 0 saturated heterocycles. The first kappa shape index (κ1) is 15.4. The highest BCUT2D eigenvalue weighted by atomic mass is 32.2. The minimum Gasteiger partial charge on any atom is -0.497 e. The van der Waals surface area contributed by atoms with E-state index in [1.165, 1.54) is 17.4 Å². The van der Waals surface area contributed by atoms with E-state index < -0.39 is 10.0 Å². The van der Waals surface area contributed by atoms with Crippen molar-refractivity contribution in [2.24, 2.45) is 0 Å². The lowest BCUT2D eigenvalue weighted by atomic mass is 10.3. The van der Waals surface area contributed by atoms with Crippen LogP contribution in [0.15, 0.2) is 45.9 Å². The predicted molar refractivity (Wildman–Crippen MR) is 80.1 cm³/mol. The third-order valence-corrected chi connectivity index (χ3v) is 4.70. The van der Waals surface area contributed by atoms with Crippen LogP contribution in [0.4, 0.5) is 5.69 Å². The Labute approximate surface area is 124 Å². The molecule has 1 N–H and O–H groups in total. The molecule has 0 amide bonds. The fourth-order valence-corrected chi connectivity index (χ4v) is 2.95. The number of methoxy groups -OCH3 is 1. The van der Waals surface area contributed by atoms with E-state index in [1.54, 1.807) is 44.5 Å². The summed E-state index contributed by atoms with van der Waals surface area (Å²) in [6.07, 6.45) is 0. The normalized spacial score (nSPS) is 11.4. The zero-order valence-corrected chi connectivity index (χ0v) is 13.0. The molecule has 7 heteroatoms. The van der Waals surface area contributed by atoms with Crippen molar-refractivity contribution in [1.29, 1.82) is 0 Å². The van der Waals surface area contributed by atoms with Gasteiger partial charge in [-0.15, -0.1) is 0 Å². The van der Waals surface area contributed by atoms with Gasteiger partial charge in [-0.25, -0.2) is 0 Å². The lowest BCUT2D eigenvalue weighted by molar-refractivity contribution is 0.407. The van der Waals surface area contributed by atoms with Gasteiger partial charge in [0.2, 0.25) is 5.09 Å². The molecule has 114 valence electrons. The number of nitrogens with one attached hydrogen (secondary N) is 1. The Balaban J connectivity index is 2.28. The van der Waals surface area contributed by atoms with Crippen LogP contribution >= 0.6 is 0 Å². The molecule has 2 rings (SSSR count). The van der Waals surface area contributed by atoms with Crippen molar-refractivity contribution in [2.45, 2.75) is 11.6 Å². The third-order valence-electron chi connectivity index (χ3n) is 3.04. The van der Waals surface area contributed by atoms with Crippen molar-refractivity contribution >= 4 is 15.7 Å². The number of rotatable bonds is 6. The van der Waals surface area contributed by atoms with E-state index in [1.807, 2.05) is 0 Å². The molecule has 6 nitrogen and oxygen atoms in total. The molecule has 0 fully saturated rings. The zero-order valence-electron chi connectivity index (χ0n) is 12.2. The lowest BCUT2D eigenvalue weighted by Gasteiger charge is -2.18. The number of sulfonamides is 1. The Morgan fingerprint density at radius 2 is 1.86 bits per heavy atom. The minimum absolute atomic E-state index is 0.0777. The van der Waals surface area contributed by atoms with Crippen LogP contribution in [-0.4, -0.2) is 29.6 Å².